The van der Waals surface area contributed by atoms with Crippen LogP contribution in [0.15, 0.2) is 18.2 Å². The summed E-state index contributed by atoms with van der Waals surface area (Å²) in [4.78, 5) is 10.3. The number of hydrogen-bond donors (Lipinski definition) is 1. The normalized spacial score (nSPS) is 12.4. The summed E-state index contributed by atoms with van der Waals surface area (Å²) >= 11 is -2.26. The monoisotopic (exact) mass is 258 g/mol. The van der Waals surface area contributed by atoms with E-state index in [4.69, 9.17) is 5.11 Å². The summed E-state index contributed by atoms with van der Waals surface area (Å²) in [5.74, 6) is -0.235. The maximum absolute atomic E-state index is 10.8. The highest BCUT2D eigenvalue weighted by molar-refractivity contribution is 7.78. The molecule has 17 heavy (non-hydrogen) atoms. The molecule has 1 aromatic carbocycles. The van der Waals surface area contributed by atoms with Gasteiger partial charge in [0.2, 0.25) is 0 Å². The summed E-state index contributed by atoms with van der Waals surface area (Å²) in [5.41, 5.74) is 0.795. The summed E-state index contributed by atoms with van der Waals surface area (Å²) in [6.07, 6.45) is 0.835. The van der Waals surface area contributed by atoms with Crippen LogP contribution in [-0.4, -0.2) is 25.4 Å². The largest absolute Gasteiger partial charge is 0.772 e. The van der Waals surface area contributed by atoms with Gasteiger partial charge in [-0.25, -0.2) is 0 Å². The molecular formula is C10H12NO5S-. The van der Waals surface area contributed by atoms with E-state index in [1.165, 1.54) is 12.1 Å². The van der Waals surface area contributed by atoms with E-state index in [1.54, 1.807) is 6.07 Å². The van der Waals surface area contributed by atoms with Crippen molar-refractivity contribution < 1.29 is 18.8 Å². The molecule has 0 saturated carbocycles. The van der Waals surface area contributed by atoms with Gasteiger partial charge in [0, 0.05) is 24.0 Å². The second kappa shape index (κ2) is 6.43. The zero-order valence-electron chi connectivity index (χ0n) is 9.00. The molecule has 6 nitrogen and oxygen atoms in total. The third-order valence-electron chi connectivity index (χ3n) is 2.24. The minimum absolute atomic E-state index is 0.0382. The minimum atomic E-state index is -2.26. The van der Waals surface area contributed by atoms with E-state index in [1.807, 2.05) is 0 Å². The van der Waals surface area contributed by atoms with Gasteiger partial charge in [-0.2, -0.15) is 0 Å². The Labute approximate surface area is 101 Å². The van der Waals surface area contributed by atoms with E-state index in [-0.39, 0.29) is 18.0 Å². The highest BCUT2D eigenvalue weighted by Gasteiger charge is 2.14. The molecule has 0 fully saturated rings. The van der Waals surface area contributed by atoms with Gasteiger partial charge in [0.05, 0.1) is 4.92 Å². The lowest BCUT2D eigenvalue weighted by molar-refractivity contribution is -0.385. The van der Waals surface area contributed by atoms with Crippen molar-refractivity contribution in [2.45, 2.75) is 18.6 Å². The van der Waals surface area contributed by atoms with Gasteiger partial charge in [-0.1, -0.05) is 23.2 Å². The Morgan fingerprint density at radius 1 is 1.41 bits per heavy atom. The van der Waals surface area contributed by atoms with Crippen molar-refractivity contribution in [1.82, 2.24) is 0 Å². The molecule has 0 bridgehead atoms. The number of benzene rings is 1. The summed E-state index contributed by atoms with van der Waals surface area (Å²) < 4.78 is 21.0. The average Bonchev–Trinajstić information content (AvgIpc) is 2.26. The number of nitro groups is 1. The SMILES string of the molecule is O=[N+]([O-])c1cc(CS(=O)[O-])ccc1CCCO. The number of aryl methyl sites for hydroxylation is 1. The van der Waals surface area contributed by atoms with Gasteiger partial charge < -0.3 is 9.66 Å². The summed E-state index contributed by atoms with van der Waals surface area (Å²) in [7, 11) is 0. The van der Waals surface area contributed by atoms with Crippen molar-refractivity contribution in [2.24, 2.45) is 0 Å². The number of aliphatic hydroxyl groups is 1. The van der Waals surface area contributed by atoms with E-state index in [2.05, 4.69) is 0 Å². The molecule has 0 aliphatic carbocycles. The first-order valence-corrected chi connectivity index (χ1v) is 6.22. The fourth-order valence-corrected chi connectivity index (χ4v) is 1.94. The van der Waals surface area contributed by atoms with Crippen LogP contribution in [0.4, 0.5) is 5.69 Å². The van der Waals surface area contributed by atoms with Crippen molar-refractivity contribution >= 4 is 16.8 Å². The molecule has 0 radical (unpaired) electrons. The van der Waals surface area contributed by atoms with Gasteiger partial charge in [0.15, 0.2) is 0 Å². The van der Waals surface area contributed by atoms with Crippen molar-refractivity contribution in [2.75, 3.05) is 6.61 Å². The Morgan fingerprint density at radius 2 is 2.12 bits per heavy atom. The zero-order chi connectivity index (χ0) is 12.8. The van der Waals surface area contributed by atoms with Crippen molar-refractivity contribution in [3.8, 4) is 0 Å². The van der Waals surface area contributed by atoms with Gasteiger partial charge in [-0.3, -0.25) is 14.3 Å². The molecule has 0 aliphatic rings. The molecule has 1 N–H and O–H groups in total. The maximum Gasteiger partial charge on any atom is 0.272 e. The first kappa shape index (κ1) is 13.8. The second-order valence-corrected chi connectivity index (χ2v) is 4.39. The molecule has 94 valence electrons. The highest BCUT2D eigenvalue weighted by atomic mass is 32.2. The van der Waals surface area contributed by atoms with Gasteiger partial charge in [0.1, 0.15) is 0 Å². The Balaban J connectivity index is 2.99. The first-order chi connectivity index (χ1) is 8.04. The lowest BCUT2D eigenvalue weighted by Crippen LogP contribution is -2.00. The van der Waals surface area contributed by atoms with Crippen LogP contribution < -0.4 is 0 Å². The topological polar surface area (TPSA) is 104 Å². The van der Waals surface area contributed by atoms with Crippen LogP contribution in [0, 0.1) is 10.1 Å². The van der Waals surface area contributed by atoms with Crippen LogP contribution in [0.1, 0.15) is 17.5 Å². The second-order valence-electron chi connectivity index (χ2n) is 3.50. The molecule has 7 heteroatoms. The number of hydrogen-bond acceptors (Lipinski definition) is 5. The number of rotatable bonds is 6. The number of nitro benzene ring substituents is 1. The number of nitrogens with zero attached hydrogens (tertiary/aromatic N) is 1. The third kappa shape index (κ3) is 4.22. The summed E-state index contributed by atoms with van der Waals surface area (Å²) in [6, 6.07) is 4.36. The van der Waals surface area contributed by atoms with Gasteiger partial charge >= 0.3 is 0 Å². The van der Waals surface area contributed by atoms with Crippen molar-refractivity contribution in [1.29, 1.82) is 0 Å². The lowest BCUT2D eigenvalue weighted by atomic mass is 10.1. The third-order valence-corrected chi connectivity index (χ3v) is 2.80. The first-order valence-electron chi connectivity index (χ1n) is 4.97. The fourth-order valence-electron chi connectivity index (χ4n) is 1.49. The minimum Gasteiger partial charge on any atom is -0.772 e. The Hall–Kier alpha value is -1.31. The molecular weight excluding hydrogens is 246 g/mol. The van der Waals surface area contributed by atoms with Crippen molar-refractivity contribution in [3.63, 3.8) is 0 Å². The van der Waals surface area contributed by atoms with Gasteiger partial charge in [-0.15, -0.1) is 0 Å². The molecule has 1 rings (SSSR count). The quantitative estimate of drug-likeness (QED) is 0.463. The molecule has 1 unspecified atom stereocenters. The van der Waals surface area contributed by atoms with E-state index in [0.717, 1.165) is 0 Å². The predicted octanol–water partition coefficient (Wildman–Crippen LogP) is 0.899. The van der Waals surface area contributed by atoms with Crippen LogP contribution in [0.5, 0.6) is 0 Å². The molecule has 0 saturated heterocycles. The van der Waals surface area contributed by atoms with Gasteiger partial charge in [0.25, 0.3) is 5.69 Å². The Bertz CT molecular complexity index is 435. The molecule has 0 aromatic heterocycles. The molecule has 0 aliphatic heterocycles. The number of aliphatic hydroxyl groups excluding tert-OH is 1. The Morgan fingerprint density at radius 3 is 2.65 bits per heavy atom. The van der Waals surface area contributed by atoms with Crippen LogP contribution >= 0.6 is 0 Å². The van der Waals surface area contributed by atoms with Gasteiger partial charge in [-0.05, 0) is 18.4 Å². The van der Waals surface area contributed by atoms with Crippen LogP contribution in [0.25, 0.3) is 0 Å². The van der Waals surface area contributed by atoms with Crippen LogP contribution in [0.3, 0.4) is 0 Å². The molecule has 1 atom stereocenters. The summed E-state index contributed by atoms with van der Waals surface area (Å²) in [6.45, 7) is -0.0382. The summed E-state index contributed by atoms with van der Waals surface area (Å²) in [5, 5.41) is 19.5. The molecule has 1 aromatic rings. The van der Waals surface area contributed by atoms with E-state index in [9.17, 15) is 18.9 Å². The average molecular weight is 258 g/mol. The standard InChI is InChI=1S/C10H13NO5S/c12-5-1-2-9-4-3-8(7-17(15)16)6-10(9)11(13)14/h3-4,6,12H,1-2,5,7H2,(H,15,16)/p-1. The van der Waals surface area contributed by atoms with E-state index in [0.29, 0.717) is 24.0 Å². The smallest absolute Gasteiger partial charge is 0.272 e. The predicted molar refractivity (Wildman–Crippen MR) is 61.1 cm³/mol. The van der Waals surface area contributed by atoms with E-state index >= 15 is 0 Å². The molecule has 0 amide bonds. The van der Waals surface area contributed by atoms with Crippen LogP contribution in [0.2, 0.25) is 0 Å². The fraction of sp³-hybridized carbons (Fsp3) is 0.400. The molecule has 0 heterocycles. The van der Waals surface area contributed by atoms with Crippen molar-refractivity contribution in [3.05, 3.63) is 39.4 Å². The zero-order valence-corrected chi connectivity index (χ0v) is 9.81. The van der Waals surface area contributed by atoms with Crippen LogP contribution in [-0.2, 0) is 23.3 Å². The van der Waals surface area contributed by atoms with E-state index < -0.39 is 16.0 Å². The maximum atomic E-state index is 10.8. The Kier molecular flexibility index (Phi) is 5.20. The highest BCUT2D eigenvalue weighted by Crippen LogP contribution is 2.22. The lowest BCUT2D eigenvalue weighted by Gasteiger charge is -2.07. The molecule has 0 spiro atoms.